The number of aliphatic hydroxyl groups is 2. The minimum Gasteiger partial charge on any atom is -0.756 e. The van der Waals surface area contributed by atoms with Gasteiger partial charge in [-0.1, -0.05) is 285 Å². The van der Waals surface area contributed by atoms with Crippen LogP contribution in [0.25, 0.3) is 0 Å². The second-order valence-electron chi connectivity index (χ2n) is 26.1. The molecule has 0 amide bonds. The van der Waals surface area contributed by atoms with Crippen molar-refractivity contribution < 1.29 is 173 Å². The molecule has 0 radical (unpaired) electrons. The molecule has 0 aliphatic carbocycles. The minimum atomic E-state index is -5.08. The fourth-order valence-electron chi connectivity index (χ4n) is 10.5. The molecule has 102 heavy (non-hydrogen) atoms. The number of phosphoric acid groups is 2. The summed E-state index contributed by atoms with van der Waals surface area (Å²) in [5.41, 5.74) is 0. The van der Waals surface area contributed by atoms with E-state index in [1.54, 1.807) is 13.8 Å². The van der Waals surface area contributed by atoms with Gasteiger partial charge in [-0.2, -0.15) is 0 Å². The zero-order valence-electron chi connectivity index (χ0n) is 65.1. The Morgan fingerprint density at radius 2 is 0.520 bits per heavy atom. The average Bonchev–Trinajstić information content (AvgIpc) is 1.13. The Morgan fingerprint density at radius 1 is 0.294 bits per heavy atom. The largest absolute Gasteiger partial charge is 1.00 e. The van der Waals surface area contributed by atoms with Gasteiger partial charge in [-0.15, -0.1) is 0 Å². The maximum atomic E-state index is 12.7. The van der Waals surface area contributed by atoms with Gasteiger partial charge in [0.1, 0.15) is 25.9 Å². The summed E-state index contributed by atoms with van der Waals surface area (Å²) in [6.45, 7) is 7.25. The van der Waals surface area contributed by atoms with Gasteiger partial charge in [0.15, 0.2) is 18.3 Å². The van der Waals surface area contributed by atoms with Gasteiger partial charge in [0, 0.05) is 25.7 Å². The maximum Gasteiger partial charge on any atom is 1.00 e. The Balaban J connectivity index is -0.000000941. The van der Waals surface area contributed by atoms with Crippen LogP contribution in [0, 0.1) is 0 Å². The van der Waals surface area contributed by atoms with Crippen LogP contribution in [0.1, 0.15) is 350 Å². The number of rotatable bonds is 72. The van der Waals surface area contributed by atoms with E-state index in [2.05, 4.69) is 37.0 Å². The Labute approximate surface area is 660 Å². The van der Waals surface area contributed by atoms with Crippen LogP contribution in [0.15, 0.2) is 0 Å². The molecule has 0 bridgehead atoms. The number of esters is 4. The van der Waals surface area contributed by atoms with Crippen molar-refractivity contribution in [3.8, 4) is 0 Å². The topological polar surface area (TPSA) is 334 Å². The third-order valence-electron chi connectivity index (χ3n) is 16.5. The Hall–Kier alpha value is -1.44. The van der Waals surface area contributed by atoms with Gasteiger partial charge in [-0.05, 0) is 39.5 Å². The van der Waals surface area contributed by atoms with Gasteiger partial charge < -0.3 is 76.0 Å². The maximum absolute atomic E-state index is 12.7. The third kappa shape index (κ3) is 78.2. The van der Waals surface area contributed by atoms with Crippen molar-refractivity contribution in [3.05, 3.63) is 0 Å². The smallest absolute Gasteiger partial charge is 0.756 e. The number of unbranched alkanes of at least 4 members (excludes halogenated alkanes) is 40. The summed E-state index contributed by atoms with van der Waals surface area (Å²) in [7, 11) is -9.93. The monoisotopic (exact) mass is 1520 g/mol. The summed E-state index contributed by atoms with van der Waals surface area (Å²) < 4.78 is 84.6. The molecule has 0 aromatic heterocycles. The molecular formula is C74H140Na2O24P2. The number of aliphatic hydroxyl groups excluding tert-OH is 2. The van der Waals surface area contributed by atoms with Crippen molar-refractivity contribution in [3.63, 3.8) is 0 Å². The number of phosphoric ester groups is 2. The fraction of sp³-hybridized carbons (Fsp3) is 0.919. The van der Waals surface area contributed by atoms with Crippen molar-refractivity contribution in [2.75, 3.05) is 66.1 Å². The van der Waals surface area contributed by atoms with E-state index < -0.39 is 122 Å². The molecule has 0 saturated heterocycles. The quantitative estimate of drug-likeness (QED) is 0.0188. The molecule has 2 N–H and O–H groups in total. The Bertz CT molecular complexity index is 2030. The molecule has 0 spiro atoms. The van der Waals surface area contributed by atoms with E-state index >= 15 is 0 Å². The molecule has 0 saturated carbocycles. The molecule has 0 rings (SSSR count). The number of hydrogen-bond acceptors (Lipinski definition) is 24. The van der Waals surface area contributed by atoms with Crippen molar-refractivity contribution in [1.82, 2.24) is 0 Å². The van der Waals surface area contributed by atoms with E-state index in [0.717, 1.165) is 77.0 Å². The normalized spacial score (nSPS) is 13.4. The summed E-state index contributed by atoms with van der Waals surface area (Å²) in [6, 6.07) is 0. The Kier molecular flexibility index (Phi) is 82.9. The van der Waals surface area contributed by atoms with E-state index in [4.69, 9.17) is 51.8 Å². The summed E-state index contributed by atoms with van der Waals surface area (Å²) in [5, 5.41) is 18.2. The molecule has 24 nitrogen and oxygen atoms in total. The fourth-order valence-corrected chi connectivity index (χ4v) is 12.1. The second kappa shape index (κ2) is 79.1. The first-order valence-electron chi connectivity index (χ1n) is 39.1. The molecule has 0 aliphatic rings. The predicted molar refractivity (Wildman–Crippen MR) is 383 cm³/mol. The first-order chi connectivity index (χ1) is 48.3. The Morgan fingerprint density at radius 3 is 0.784 bits per heavy atom. The van der Waals surface area contributed by atoms with Crippen LogP contribution < -0.4 is 68.9 Å². The third-order valence-corrected chi connectivity index (χ3v) is 18.3. The van der Waals surface area contributed by atoms with Gasteiger partial charge in [0.25, 0.3) is 15.6 Å². The van der Waals surface area contributed by atoms with Crippen molar-refractivity contribution >= 4 is 51.8 Å². The van der Waals surface area contributed by atoms with E-state index in [1.165, 1.54) is 180 Å². The van der Waals surface area contributed by atoms with Crippen molar-refractivity contribution in [1.29, 1.82) is 0 Å². The molecule has 0 aromatic carbocycles. The predicted octanol–water partition coefficient (Wildman–Crippen LogP) is 11.8. The zero-order valence-corrected chi connectivity index (χ0v) is 70.9. The number of hydrogen-bond donors (Lipinski definition) is 2. The van der Waals surface area contributed by atoms with Crippen molar-refractivity contribution in [2.45, 2.75) is 374 Å². The first kappa shape index (κ1) is 107. The summed E-state index contributed by atoms with van der Waals surface area (Å²) >= 11 is 0. The number of ether oxygens (including phenoxy) is 8. The zero-order chi connectivity index (χ0) is 74.3. The molecule has 0 heterocycles. The summed E-state index contributed by atoms with van der Waals surface area (Å²) in [6.07, 6.45) is 43.8. The number of carbonyl (C=O) groups is 6. The molecule has 592 valence electrons. The van der Waals surface area contributed by atoms with Crippen LogP contribution >= 0.6 is 15.6 Å². The average molecular weight is 1520 g/mol. The van der Waals surface area contributed by atoms with Gasteiger partial charge in [-0.3, -0.25) is 28.3 Å². The minimum absolute atomic E-state index is 0. The van der Waals surface area contributed by atoms with Gasteiger partial charge >= 0.3 is 95.3 Å². The van der Waals surface area contributed by atoms with Gasteiger partial charge in [0.05, 0.1) is 46.2 Å². The van der Waals surface area contributed by atoms with Crippen LogP contribution in [-0.2, 0) is 84.3 Å². The number of carbonyl (C=O) groups excluding carboxylic acids is 6. The summed E-state index contributed by atoms with van der Waals surface area (Å²) in [5.74, 6) is -2.00. The van der Waals surface area contributed by atoms with E-state index in [1.807, 2.05) is 0 Å². The van der Waals surface area contributed by atoms with Crippen LogP contribution in [0.5, 0.6) is 0 Å². The van der Waals surface area contributed by atoms with E-state index in [-0.39, 0.29) is 105 Å². The first-order valence-corrected chi connectivity index (χ1v) is 42.0. The molecule has 4 unspecified atom stereocenters. The molecule has 0 aliphatic heterocycles. The van der Waals surface area contributed by atoms with Crippen LogP contribution in [-0.4, -0.2) is 137 Å². The van der Waals surface area contributed by atoms with Gasteiger partial charge in [-0.25, -0.2) is 9.59 Å². The second-order valence-corrected chi connectivity index (χ2v) is 28.9. The molecule has 0 aromatic rings. The van der Waals surface area contributed by atoms with E-state index in [0.29, 0.717) is 25.7 Å². The SMILES string of the molecule is CCCCCCCCCCCCCC(=O)OC[C@H](COP(=O)([O-])OCC(COC(=O)OCC)OC(=O)OCC)OC(=O)CCCCCCCCCCCCC.CCCCCCCCCCCCCC(=O)OC[C@H](COP(=O)([O-])OCC(O)CO)OC(=O)CCCCCCCCCCCCC.[Na+].[Na+]. The summed E-state index contributed by atoms with van der Waals surface area (Å²) in [4.78, 5) is 98.1. The van der Waals surface area contributed by atoms with Crippen LogP contribution in [0.2, 0.25) is 0 Å². The van der Waals surface area contributed by atoms with Gasteiger partial charge in [0.2, 0.25) is 0 Å². The van der Waals surface area contributed by atoms with Crippen LogP contribution in [0.3, 0.4) is 0 Å². The molecule has 6 atom stereocenters. The molecular weight excluding hydrogens is 1380 g/mol. The molecule has 28 heteroatoms. The van der Waals surface area contributed by atoms with Crippen molar-refractivity contribution in [2.24, 2.45) is 0 Å². The van der Waals surface area contributed by atoms with E-state index in [9.17, 15) is 52.8 Å². The van der Waals surface area contributed by atoms with Crippen LogP contribution in [0.4, 0.5) is 9.59 Å². The standard InChI is InChI=1S/C40H75O14P.C34H67O10P.2Na/c1-5-9-11-13-15-17-19-21-23-25-27-29-37(41)49-31-35(53-38(42)30-28-26-24-22-20-18-16-14-12-10-6-2)33-51-55(45,46)52-34-36(54-40(44)48-8-4)32-50-39(43)47-7-3;1-3-5-7-9-11-13-15-17-19-21-23-25-33(37)41-29-32(30-43-45(39,40)42-28-31(36)27-35)44-34(38)26-24-22-20-18-16-14-12-10-8-6-4-2;;/h35-36H,5-34H2,1-4H3,(H,45,46);31-32,35-36H,3-30H2,1-2H3,(H,39,40);;/q;;2*+1/p-2/t35-,36?;31?,32-;;/m11../s1. The molecule has 0 fully saturated rings.